The second-order valence-electron chi connectivity index (χ2n) is 10.2. The summed E-state index contributed by atoms with van der Waals surface area (Å²) in [6.45, 7) is 8.09. The number of nitrogens with one attached hydrogen (secondary N) is 1. The lowest BCUT2D eigenvalue weighted by Gasteiger charge is -2.24. The molecule has 1 N–H and O–H groups in total. The number of carbonyl (C=O) groups excluding carboxylic acids is 3. The van der Waals surface area contributed by atoms with Gasteiger partial charge < -0.3 is 10.2 Å². The summed E-state index contributed by atoms with van der Waals surface area (Å²) >= 11 is 3.36. The molecule has 4 aromatic heterocycles. The maximum Gasteiger partial charge on any atom is 0.248 e. The molecule has 2 amide bonds. The van der Waals surface area contributed by atoms with E-state index in [1.165, 1.54) is 16.5 Å². The first-order valence-electron chi connectivity index (χ1n) is 13.0. The third kappa shape index (κ3) is 5.58. The quantitative estimate of drug-likeness (QED) is 0.251. The maximum absolute atomic E-state index is 14.6. The number of anilines is 1. The van der Waals surface area contributed by atoms with Crippen molar-refractivity contribution in [1.82, 2.24) is 34.6 Å². The fraction of sp³-hybridized carbons (Fsp3) is 0.357. The minimum atomic E-state index is -1.36. The second kappa shape index (κ2) is 11.0. The lowest BCUT2D eigenvalue weighted by molar-refractivity contribution is -0.137. The fourth-order valence-electron chi connectivity index (χ4n) is 5.03. The molecule has 5 heterocycles. The Balaban J connectivity index is 1.44. The first kappa shape index (κ1) is 28.4. The van der Waals surface area contributed by atoms with Crippen LogP contribution in [0.25, 0.3) is 22.2 Å². The van der Waals surface area contributed by atoms with Crippen molar-refractivity contribution >= 4 is 50.2 Å². The highest BCUT2D eigenvalue weighted by atomic mass is 79.9. The molecule has 0 aliphatic carbocycles. The van der Waals surface area contributed by atoms with Gasteiger partial charge in [-0.2, -0.15) is 5.10 Å². The molecule has 2 atom stereocenters. The second-order valence-corrected chi connectivity index (χ2v) is 11.0. The van der Waals surface area contributed by atoms with E-state index in [1.54, 1.807) is 39.2 Å². The van der Waals surface area contributed by atoms with Gasteiger partial charge in [0.05, 0.1) is 23.4 Å². The standard InChI is InChI=1S/C28H28BrFN8O3/c1-13-6-14(2)27(34-26(13)29)35-28(41)22-7-19(30)11-37(22)23(40)12-38-25-15(3)33-21(18-9-31-17(5)32-10-18)8-20(25)24(36-38)16(4)39/h6,8-10,19,22H,7,11-12H2,1-5H3,(H,34,35,41)/t19-,22+/m1/s1. The molecule has 0 aromatic carbocycles. The fourth-order valence-corrected chi connectivity index (χ4v) is 5.32. The number of hydrogen-bond acceptors (Lipinski definition) is 8. The summed E-state index contributed by atoms with van der Waals surface area (Å²) in [6.07, 6.45) is 1.80. The van der Waals surface area contributed by atoms with Gasteiger partial charge in [-0.1, -0.05) is 6.07 Å². The summed E-state index contributed by atoms with van der Waals surface area (Å²) in [6, 6.07) is 2.56. The lowest BCUT2D eigenvalue weighted by atomic mass is 10.1. The number of ketones is 1. The average Bonchev–Trinajstić information content (AvgIpc) is 3.49. The molecule has 5 rings (SSSR count). The third-order valence-corrected chi connectivity index (χ3v) is 7.86. The molecule has 13 heteroatoms. The van der Waals surface area contributed by atoms with Gasteiger partial charge in [-0.05, 0) is 60.8 Å². The smallest absolute Gasteiger partial charge is 0.248 e. The minimum absolute atomic E-state index is 0.134. The number of nitrogens with zero attached hydrogens (tertiary/aromatic N) is 7. The van der Waals surface area contributed by atoms with Crippen molar-refractivity contribution in [1.29, 1.82) is 0 Å². The molecule has 0 bridgehead atoms. The van der Waals surface area contributed by atoms with Crippen LogP contribution in [-0.4, -0.2) is 71.0 Å². The zero-order valence-electron chi connectivity index (χ0n) is 23.2. The number of amides is 2. The Bertz CT molecular complexity index is 1710. The highest BCUT2D eigenvalue weighted by Crippen LogP contribution is 2.29. The van der Waals surface area contributed by atoms with Gasteiger partial charge in [-0.15, -0.1) is 0 Å². The van der Waals surface area contributed by atoms with Gasteiger partial charge >= 0.3 is 0 Å². The Morgan fingerprint density at radius 2 is 1.78 bits per heavy atom. The molecule has 11 nitrogen and oxygen atoms in total. The van der Waals surface area contributed by atoms with Gasteiger partial charge in [0.1, 0.15) is 40.7 Å². The highest BCUT2D eigenvalue weighted by Gasteiger charge is 2.40. The summed E-state index contributed by atoms with van der Waals surface area (Å²) in [5.41, 5.74) is 4.10. The number of aromatic nitrogens is 6. The van der Waals surface area contributed by atoms with Crippen molar-refractivity contribution in [3.05, 3.63) is 57.5 Å². The zero-order valence-corrected chi connectivity index (χ0v) is 24.8. The van der Waals surface area contributed by atoms with Crippen LogP contribution in [-0.2, 0) is 16.1 Å². The molecule has 212 valence electrons. The predicted octanol–water partition coefficient (Wildman–Crippen LogP) is 4.06. The number of likely N-dealkylation sites (tertiary alicyclic amines) is 1. The Hall–Kier alpha value is -4.13. The van der Waals surface area contributed by atoms with E-state index < -0.39 is 24.0 Å². The number of hydrogen-bond donors (Lipinski definition) is 1. The normalized spacial score (nSPS) is 16.8. The van der Waals surface area contributed by atoms with Gasteiger partial charge in [0.15, 0.2) is 5.78 Å². The molecule has 0 unspecified atom stereocenters. The van der Waals surface area contributed by atoms with Gasteiger partial charge in [0, 0.05) is 36.7 Å². The van der Waals surface area contributed by atoms with E-state index in [9.17, 15) is 18.8 Å². The van der Waals surface area contributed by atoms with Crippen LogP contribution < -0.4 is 5.32 Å². The van der Waals surface area contributed by atoms with Gasteiger partial charge in [0.2, 0.25) is 11.8 Å². The average molecular weight is 623 g/mol. The van der Waals surface area contributed by atoms with E-state index in [0.717, 1.165) is 11.1 Å². The third-order valence-electron chi connectivity index (χ3n) is 7.05. The maximum atomic E-state index is 14.6. The summed E-state index contributed by atoms with van der Waals surface area (Å²) in [5.74, 6) is -0.364. The Labute approximate surface area is 243 Å². The summed E-state index contributed by atoms with van der Waals surface area (Å²) in [5, 5.41) is 7.71. The van der Waals surface area contributed by atoms with Crippen molar-refractivity contribution in [2.75, 3.05) is 11.9 Å². The first-order valence-corrected chi connectivity index (χ1v) is 13.8. The predicted molar refractivity (Wildman–Crippen MR) is 153 cm³/mol. The number of fused-ring (bicyclic) bond motifs is 1. The minimum Gasteiger partial charge on any atom is -0.326 e. The Morgan fingerprint density at radius 1 is 1.07 bits per heavy atom. The molecular weight excluding hydrogens is 595 g/mol. The molecule has 1 aliphatic rings. The van der Waals surface area contributed by atoms with Crippen molar-refractivity contribution in [2.24, 2.45) is 0 Å². The number of halogens is 2. The van der Waals surface area contributed by atoms with E-state index >= 15 is 0 Å². The van der Waals surface area contributed by atoms with Crippen LogP contribution in [0.1, 0.15) is 46.5 Å². The largest absolute Gasteiger partial charge is 0.326 e. The van der Waals surface area contributed by atoms with E-state index in [4.69, 9.17) is 0 Å². The molecule has 0 saturated carbocycles. The SMILES string of the molecule is CC(=O)c1nn(CC(=O)N2C[C@H](F)C[C@H]2C(=O)Nc2nc(Br)c(C)cc2C)c2c(C)nc(-c3cnc(C)nc3)cc12. The summed E-state index contributed by atoms with van der Waals surface area (Å²) < 4.78 is 16.6. The van der Waals surface area contributed by atoms with E-state index in [-0.39, 0.29) is 31.0 Å². The zero-order chi connectivity index (χ0) is 29.6. The van der Waals surface area contributed by atoms with Crippen LogP contribution in [0.3, 0.4) is 0 Å². The van der Waals surface area contributed by atoms with Crippen LogP contribution in [0.15, 0.2) is 29.1 Å². The molecule has 4 aromatic rings. The molecule has 1 saturated heterocycles. The van der Waals surface area contributed by atoms with E-state index in [1.807, 2.05) is 13.0 Å². The molecule has 1 aliphatic heterocycles. The summed E-state index contributed by atoms with van der Waals surface area (Å²) in [4.78, 5) is 57.9. The topological polar surface area (TPSA) is 136 Å². The molecule has 0 spiro atoms. The van der Waals surface area contributed by atoms with Crippen molar-refractivity contribution in [3.8, 4) is 11.3 Å². The molecular formula is C28H28BrFN8O3. The highest BCUT2D eigenvalue weighted by molar-refractivity contribution is 9.10. The van der Waals surface area contributed by atoms with E-state index in [2.05, 4.69) is 46.3 Å². The van der Waals surface area contributed by atoms with E-state index in [0.29, 0.717) is 44.1 Å². The summed E-state index contributed by atoms with van der Waals surface area (Å²) in [7, 11) is 0. The van der Waals surface area contributed by atoms with Crippen LogP contribution in [0, 0.1) is 27.7 Å². The molecule has 1 fully saturated rings. The van der Waals surface area contributed by atoms with Gasteiger partial charge in [-0.25, -0.2) is 19.3 Å². The van der Waals surface area contributed by atoms with Gasteiger partial charge in [-0.3, -0.25) is 24.0 Å². The Morgan fingerprint density at radius 3 is 2.46 bits per heavy atom. The number of Topliss-reactive ketones (excluding diaryl/α,β-unsaturated/α-hetero) is 1. The van der Waals surface area contributed by atoms with Crippen LogP contribution in [0.2, 0.25) is 0 Å². The van der Waals surface area contributed by atoms with Crippen molar-refractivity contribution < 1.29 is 18.8 Å². The molecule has 41 heavy (non-hydrogen) atoms. The van der Waals surface area contributed by atoms with Gasteiger partial charge in [0.25, 0.3) is 0 Å². The van der Waals surface area contributed by atoms with Crippen molar-refractivity contribution in [3.63, 3.8) is 0 Å². The first-order chi connectivity index (χ1) is 19.4. The number of alkyl halides is 1. The van der Waals surface area contributed by atoms with Crippen LogP contribution in [0.5, 0.6) is 0 Å². The molecule has 0 radical (unpaired) electrons. The number of aryl methyl sites for hydroxylation is 4. The van der Waals surface area contributed by atoms with Crippen molar-refractivity contribution in [2.45, 2.75) is 59.8 Å². The number of carbonyl (C=O) groups is 3. The van der Waals surface area contributed by atoms with Crippen LogP contribution in [0.4, 0.5) is 10.2 Å². The lowest BCUT2D eigenvalue weighted by Crippen LogP contribution is -2.44. The Kier molecular flexibility index (Phi) is 7.64. The number of rotatable bonds is 6. The van der Waals surface area contributed by atoms with Crippen LogP contribution >= 0.6 is 15.9 Å². The monoisotopic (exact) mass is 622 g/mol. The number of pyridine rings is 2.